The van der Waals surface area contributed by atoms with Gasteiger partial charge in [0.2, 0.25) is 0 Å². The number of benzene rings is 1. The van der Waals surface area contributed by atoms with Crippen molar-refractivity contribution in [2.75, 3.05) is 0 Å². The Morgan fingerprint density at radius 2 is 2.12 bits per heavy atom. The van der Waals surface area contributed by atoms with E-state index in [4.69, 9.17) is 0 Å². The summed E-state index contributed by atoms with van der Waals surface area (Å²) in [6.45, 7) is 6.63. The molecule has 0 bridgehead atoms. The molecule has 0 aliphatic carbocycles. The van der Waals surface area contributed by atoms with Gasteiger partial charge in [-0.2, -0.15) is 0 Å². The molecule has 16 heavy (non-hydrogen) atoms. The molecule has 1 aromatic rings. The fraction of sp³-hybridized carbons (Fsp3) is 0.357. The fourth-order valence-electron chi connectivity index (χ4n) is 2.59. The maximum Gasteiger partial charge on any atom is 0.133 e. The summed E-state index contributed by atoms with van der Waals surface area (Å²) in [5.74, 6) is 1.60. The van der Waals surface area contributed by atoms with Crippen LogP contribution in [0.5, 0.6) is 0 Å². The van der Waals surface area contributed by atoms with Gasteiger partial charge in [-0.15, -0.1) is 0 Å². The van der Waals surface area contributed by atoms with Gasteiger partial charge < -0.3 is 5.32 Å². The first-order chi connectivity index (χ1) is 7.68. The number of hydrogen-bond donors (Lipinski definition) is 1. The van der Waals surface area contributed by atoms with E-state index in [2.05, 4.69) is 49.3 Å². The first kappa shape index (κ1) is 9.64. The number of nitrogens with zero attached hydrogens (tertiary/aromatic N) is 1. The van der Waals surface area contributed by atoms with E-state index in [0.717, 1.165) is 5.84 Å². The third-order valence-electron chi connectivity index (χ3n) is 3.41. The van der Waals surface area contributed by atoms with Crippen molar-refractivity contribution in [3.05, 3.63) is 40.6 Å². The molecule has 1 N–H and O–H groups in total. The standard InChI is InChI=1S/C14H16N2/c1-8(2)10-4-5-11-9(3)16-14-13(11)12(10)6-7-15-14/h4-9H,1-3H3,(H,15,16)/t9-/m0/s1. The molecule has 0 unspecified atom stereocenters. The molecule has 2 heterocycles. The molecule has 2 heteroatoms. The summed E-state index contributed by atoms with van der Waals surface area (Å²) in [5.41, 5.74) is 5.44. The van der Waals surface area contributed by atoms with Crippen LogP contribution >= 0.6 is 0 Å². The van der Waals surface area contributed by atoms with Crippen molar-refractivity contribution in [3.8, 4) is 0 Å². The average Bonchev–Trinajstić information content (AvgIpc) is 2.58. The van der Waals surface area contributed by atoms with Gasteiger partial charge >= 0.3 is 0 Å². The molecule has 3 rings (SSSR count). The number of nitrogens with one attached hydrogen (secondary N) is 1. The molecule has 0 saturated heterocycles. The molecule has 2 nitrogen and oxygen atoms in total. The van der Waals surface area contributed by atoms with E-state index < -0.39 is 0 Å². The fourth-order valence-corrected chi connectivity index (χ4v) is 2.59. The summed E-state index contributed by atoms with van der Waals surface area (Å²) in [6, 6.07) is 4.77. The van der Waals surface area contributed by atoms with Crippen molar-refractivity contribution < 1.29 is 0 Å². The zero-order valence-electron chi connectivity index (χ0n) is 9.91. The predicted octanol–water partition coefficient (Wildman–Crippen LogP) is 3.21. The number of rotatable bonds is 1. The zero-order valence-corrected chi connectivity index (χ0v) is 9.91. The van der Waals surface area contributed by atoms with Gasteiger partial charge in [0.15, 0.2) is 0 Å². The van der Waals surface area contributed by atoms with Crippen molar-refractivity contribution >= 4 is 11.9 Å². The van der Waals surface area contributed by atoms with Crippen molar-refractivity contribution in [1.29, 1.82) is 0 Å². The molecule has 1 aromatic carbocycles. The third-order valence-corrected chi connectivity index (χ3v) is 3.41. The van der Waals surface area contributed by atoms with E-state index in [9.17, 15) is 0 Å². The maximum atomic E-state index is 4.64. The van der Waals surface area contributed by atoms with E-state index in [1.54, 1.807) is 0 Å². The van der Waals surface area contributed by atoms with Gasteiger partial charge in [0.05, 0.1) is 6.04 Å². The molecular formula is C14H16N2. The highest BCUT2D eigenvalue weighted by atomic mass is 15.0. The summed E-state index contributed by atoms with van der Waals surface area (Å²) in [7, 11) is 0. The third kappa shape index (κ3) is 1.16. The van der Waals surface area contributed by atoms with Gasteiger partial charge in [0, 0.05) is 11.8 Å². The summed E-state index contributed by atoms with van der Waals surface area (Å²) in [6.07, 6.45) is 4.17. The van der Waals surface area contributed by atoms with Crippen LogP contribution in [-0.2, 0) is 0 Å². The van der Waals surface area contributed by atoms with Crippen molar-refractivity contribution in [3.63, 3.8) is 0 Å². The second-order valence-electron chi connectivity index (χ2n) is 4.82. The minimum atomic E-state index is 0.289. The van der Waals surface area contributed by atoms with Crippen molar-refractivity contribution in [2.45, 2.75) is 32.7 Å². The Labute approximate surface area is 96.1 Å². The minimum absolute atomic E-state index is 0.289. The van der Waals surface area contributed by atoms with E-state index >= 15 is 0 Å². The largest absolute Gasteiger partial charge is 0.346 e. The molecule has 0 aromatic heterocycles. The van der Waals surface area contributed by atoms with Crippen LogP contribution in [0, 0.1) is 0 Å². The van der Waals surface area contributed by atoms with Crippen LogP contribution < -0.4 is 5.32 Å². The lowest BCUT2D eigenvalue weighted by Gasteiger charge is -2.19. The Bertz CT molecular complexity index is 510. The summed E-state index contributed by atoms with van der Waals surface area (Å²) < 4.78 is 0. The van der Waals surface area contributed by atoms with Crippen LogP contribution in [0.3, 0.4) is 0 Å². The maximum absolute atomic E-state index is 4.64. The molecule has 2 aliphatic heterocycles. The summed E-state index contributed by atoms with van der Waals surface area (Å²) in [5, 5.41) is 3.24. The average molecular weight is 212 g/mol. The van der Waals surface area contributed by atoms with Crippen LogP contribution in [0.25, 0.3) is 6.08 Å². The van der Waals surface area contributed by atoms with E-state index in [1.807, 2.05) is 6.20 Å². The Hall–Kier alpha value is -1.57. The molecule has 0 spiro atoms. The Morgan fingerprint density at radius 3 is 2.88 bits per heavy atom. The van der Waals surface area contributed by atoms with Gasteiger partial charge in [0.25, 0.3) is 0 Å². The lowest BCUT2D eigenvalue weighted by atomic mass is 9.88. The molecule has 0 radical (unpaired) electrons. The Morgan fingerprint density at radius 1 is 1.31 bits per heavy atom. The van der Waals surface area contributed by atoms with Crippen LogP contribution in [0.2, 0.25) is 0 Å². The Kier molecular flexibility index (Phi) is 1.93. The topological polar surface area (TPSA) is 24.4 Å². The zero-order chi connectivity index (χ0) is 11.3. The van der Waals surface area contributed by atoms with Crippen molar-refractivity contribution in [1.82, 2.24) is 5.32 Å². The van der Waals surface area contributed by atoms with Crippen LogP contribution in [-0.4, -0.2) is 5.84 Å². The van der Waals surface area contributed by atoms with Crippen LogP contribution in [0.1, 0.15) is 55.0 Å². The van der Waals surface area contributed by atoms with Gasteiger partial charge in [0.1, 0.15) is 5.84 Å². The molecule has 1 atom stereocenters. The quantitative estimate of drug-likeness (QED) is 0.759. The molecular weight excluding hydrogens is 196 g/mol. The molecule has 0 fully saturated rings. The van der Waals surface area contributed by atoms with E-state index in [-0.39, 0.29) is 6.04 Å². The van der Waals surface area contributed by atoms with Crippen LogP contribution in [0.15, 0.2) is 23.3 Å². The lowest BCUT2D eigenvalue weighted by molar-refractivity contribution is 0.831. The second kappa shape index (κ2) is 3.21. The first-order valence-electron chi connectivity index (χ1n) is 5.86. The smallest absolute Gasteiger partial charge is 0.133 e. The van der Waals surface area contributed by atoms with Gasteiger partial charge in [-0.3, -0.25) is 4.99 Å². The summed E-state index contributed by atoms with van der Waals surface area (Å²) >= 11 is 0. The highest BCUT2D eigenvalue weighted by molar-refractivity contribution is 6.08. The molecule has 82 valence electrons. The normalized spacial score (nSPS) is 20.8. The molecule has 2 aliphatic rings. The van der Waals surface area contributed by atoms with Gasteiger partial charge in [-0.25, -0.2) is 0 Å². The van der Waals surface area contributed by atoms with Gasteiger partial charge in [-0.1, -0.05) is 26.0 Å². The number of amidine groups is 1. The van der Waals surface area contributed by atoms with Crippen LogP contribution in [0.4, 0.5) is 0 Å². The Balaban J connectivity index is 2.30. The molecule has 0 amide bonds. The SMILES string of the molecule is CC(C)c1ccc2c3c1C=CNC3=N[C@H]2C. The monoisotopic (exact) mass is 212 g/mol. The predicted molar refractivity (Wildman–Crippen MR) is 67.7 cm³/mol. The highest BCUT2D eigenvalue weighted by Crippen LogP contribution is 2.36. The first-order valence-corrected chi connectivity index (χ1v) is 5.86. The number of hydrogen-bond acceptors (Lipinski definition) is 2. The van der Waals surface area contributed by atoms with E-state index in [0.29, 0.717) is 5.92 Å². The highest BCUT2D eigenvalue weighted by Gasteiger charge is 2.27. The van der Waals surface area contributed by atoms with E-state index in [1.165, 1.54) is 22.3 Å². The second-order valence-corrected chi connectivity index (χ2v) is 4.82. The lowest BCUT2D eigenvalue weighted by Crippen LogP contribution is -2.22. The van der Waals surface area contributed by atoms with Gasteiger partial charge in [-0.05, 0) is 35.6 Å². The summed E-state index contributed by atoms with van der Waals surface area (Å²) in [4.78, 5) is 4.64. The van der Waals surface area contributed by atoms with Crippen molar-refractivity contribution in [2.24, 2.45) is 4.99 Å². The molecule has 0 saturated carbocycles. The minimum Gasteiger partial charge on any atom is -0.346 e. The number of aliphatic imine (C=N–C) groups is 1.